The quantitative estimate of drug-likeness (QED) is 0.606. The van der Waals surface area contributed by atoms with Crippen molar-refractivity contribution in [3.8, 4) is 10.7 Å². The third-order valence-electron chi connectivity index (χ3n) is 4.42. The van der Waals surface area contributed by atoms with Gasteiger partial charge in [-0.2, -0.15) is 0 Å². The first-order chi connectivity index (χ1) is 13.3. The molecule has 0 spiro atoms. The van der Waals surface area contributed by atoms with Gasteiger partial charge in [-0.15, -0.1) is 16.4 Å². The molecule has 1 aromatic carbocycles. The molecule has 4 rings (SSSR count). The first-order valence-electron chi connectivity index (χ1n) is 9.02. The topological polar surface area (TPSA) is 73.9 Å². The van der Waals surface area contributed by atoms with E-state index in [1.807, 2.05) is 29.6 Å². The van der Waals surface area contributed by atoms with Crippen molar-refractivity contribution >= 4 is 40.4 Å². The van der Waals surface area contributed by atoms with Gasteiger partial charge in [-0.3, -0.25) is 9.89 Å². The summed E-state index contributed by atoms with van der Waals surface area (Å²) in [6, 6.07) is 12.1. The summed E-state index contributed by atoms with van der Waals surface area (Å²) in [7, 11) is 0. The second-order valence-corrected chi connectivity index (χ2v) is 8.27. The van der Waals surface area contributed by atoms with Gasteiger partial charge in [0.25, 0.3) is 0 Å². The van der Waals surface area contributed by atoms with Crippen LogP contribution in [0.4, 0.5) is 11.4 Å². The third kappa shape index (κ3) is 4.70. The van der Waals surface area contributed by atoms with Crippen molar-refractivity contribution in [3.63, 3.8) is 0 Å². The number of benzene rings is 1. The van der Waals surface area contributed by atoms with E-state index in [0.717, 1.165) is 29.5 Å². The molecule has 6 nitrogen and oxygen atoms in total. The van der Waals surface area contributed by atoms with E-state index in [0.29, 0.717) is 5.16 Å². The molecule has 0 saturated carbocycles. The second kappa shape index (κ2) is 8.58. The van der Waals surface area contributed by atoms with Crippen LogP contribution >= 0.6 is 23.1 Å². The summed E-state index contributed by atoms with van der Waals surface area (Å²) < 4.78 is 0. The summed E-state index contributed by atoms with van der Waals surface area (Å²) in [6.07, 6.45) is 3.83. The van der Waals surface area contributed by atoms with Gasteiger partial charge in [-0.1, -0.05) is 17.8 Å². The average molecular weight is 400 g/mol. The number of hydrogen-bond acceptors (Lipinski definition) is 6. The molecule has 1 fully saturated rings. The smallest absolute Gasteiger partial charge is 0.234 e. The Morgan fingerprint density at radius 3 is 2.74 bits per heavy atom. The van der Waals surface area contributed by atoms with Gasteiger partial charge in [0, 0.05) is 24.5 Å². The third-order valence-corrected chi connectivity index (χ3v) is 6.15. The molecule has 2 N–H and O–H groups in total. The van der Waals surface area contributed by atoms with E-state index in [1.54, 1.807) is 11.3 Å². The molecular weight excluding hydrogens is 378 g/mol. The molecule has 140 valence electrons. The van der Waals surface area contributed by atoms with Crippen molar-refractivity contribution in [1.82, 2.24) is 15.2 Å². The highest BCUT2D eigenvalue weighted by molar-refractivity contribution is 7.99. The zero-order valence-corrected chi connectivity index (χ0v) is 16.5. The largest absolute Gasteiger partial charge is 0.372 e. The van der Waals surface area contributed by atoms with Crippen molar-refractivity contribution in [2.75, 3.05) is 29.1 Å². The van der Waals surface area contributed by atoms with Gasteiger partial charge in [0.1, 0.15) is 0 Å². The van der Waals surface area contributed by atoms with E-state index in [1.165, 1.54) is 36.7 Å². The molecular formula is C19H21N5OS2. The lowest BCUT2D eigenvalue weighted by Gasteiger charge is -2.28. The predicted octanol–water partition coefficient (Wildman–Crippen LogP) is 4.25. The number of H-pyrrole nitrogens is 1. The molecule has 2 aromatic heterocycles. The van der Waals surface area contributed by atoms with E-state index >= 15 is 0 Å². The molecule has 3 aromatic rings. The Morgan fingerprint density at radius 1 is 1.19 bits per heavy atom. The number of anilines is 2. The maximum absolute atomic E-state index is 12.2. The summed E-state index contributed by atoms with van der Waals surface area (Å²) in [6.45, 7) is 2.24. The van der Waals surface area contributed by atoms with Gasteiger partial charge >= 0.3 is 0 Å². The molecule has 1 amide bonds. The number of carbonyl (C=O) groups is 1. The van der Waals surface area contributed by atoms with Crippen LogP contribution < -0.4 is 10.2 Å². The molecule has 3 heterocycles. The molecule has 27 heavy (non-hydrogen) atoms. The Kier molecular flexibility index (Phi) is 5.74. The number of amides is 1. The Labute approximate surface area is 166 Å². The van der Waals surface area contributed by atoms with Crippen LogP contribution in [0, 0.1) is 0 Å². The lowest BCUT2D eigenvalue weighted by atomic mass is 10.1. The SMILES string of the molecule is O=C(CSc1n[nH]c(-c2cccs2)n1)Nc1ccc(N2CCCCC2)cc1. The van der Waals surface area contributed by atoms with Crippen LogP contribution in [-0.4, -0.2) is 39.9 Å². The molecule has 1 aliphatic heterocycles. The van der Waals surface area contributed by atoms with Crippen LogP contribution in [0.5, 0.6) is 0 Å². The van der Waals surface area contributed by atoms with E-state index in [4.69, 9.17) is 0 Å². The monoisotopic (exact) mass is 399 g/mol. The number of rotatable bonds is 6. The number of thioether (sulfide) groups is 1. The number of aromatic amines is 1. The summed E-state index contributed by atoms with van der Waals surface area (Å²) in [5.74, 6) is 0.949. The van der Waals surface area contributed by atoms with E-state index in [2.05, 4.69) is 37.5 Å². The van der Waals surface area contributed by atoms with Gasteiger partial charge in [-0.05, 0) is 55.0 Å². The Balaban J connectivity index is 1.28. The molecule has 0 atom stereocenters. The average Bonchev–Trinajstić information content (AvgIpc) is 3.39. The van der Waals surface area contributed by atoms with Gasteiger partial charge in [-0.25, -0.2) is 4.98 Å². The normalized spacial score (nSPS) is 14.3. The van der Waals surface area contributed by atoms with Crippen molar-refractivity contribution in [3.05, 3.63) is 41.8 Å². The van der Waals surface area contributed by atoms with Crippen LogP contribution in [0.2, 0.25) is 0 Å². The fraction of sp³-hybridized carbons (Fsp3) is 0.316. The molecule has 1 aliphatic rings. The first kappa shape index (κ1) is 18.1. The molecule has 0 unspecified atom stereocenters. The second-order valence-electron chi connectivity index (χ2n) is 6.38. The van der Waals surface area contributed by atoms with E-state index < -0.39 is 0 Å². The van der Waals surface area contributed by atoms with Gasteiger partial charge < -0.3 is 10.2 Å². The van der Waals surface area contributed by atoms with Crippen LogP contribution in [0.3, 0.4) is 0 Å². The minimum absolute atomic E-state index is 0.0619. The summed E-state index contributed by atoms with van der Waals surface area (Å²) in [5.41, 5.74) is 2.04. The first-order valence-corrected chi connectivity index (χ1v) is 10.9. The maximum Gasteiger partial charge on any atom is 0.234 e. The minimum Gasteiger partial charge on any atom is -0.372 e. The highest BCUT2D eigenvalue weighted by Gasteiger charge is 2.12. The number of nitrogens with zero attached hydrogens (tertiary/aromatic N) is 3. The number of thiophene rings is 1. The number of carbonyl (C=O) groups excluding carboxylic acids is 1. The van der Waals surface area contributed by atoms with Crippen molar-refractivity contribution in [2.24, 2.45) is 0 Å². The zero-order chi connectivity index (χ0) is 18.5. The maximum atomic E-state index is 12.2. The number of piperidine rings is 1. The summed E-state index contributed by atoms with van der Waals surface area (Å²) in [5, 5.41) is 12.6. The molecule has 0 aliphatic carbocycles. The minimum atomic E-state index is -0.0619. The summed E-state index contributed by atoms with van der Waals surface area (Å²) in [4.78, 5) is 20.1. The fourth-order valence-corrected chi connectivity index (χ4v) is 4.33. The number of hydrogen-bond donors (Lipinski definition) is 2. The van der Waals surface area contributed by atoms with Crippen LogP contribution in [0.25, 0.3) is 10.7 Å². The lowest BCUT2D eigenvalue weighted by molar-refractivity contribution is -0.113. The molecule has 0 bridgehead atoms. The Bertz CT molecular complexity index is 870. The molecule has 1 saturated heterocycles. The molecule has 8 heteroatoms. The van der Waals surface area contributed by atoms with Crippen molar-refractivity contribution in [2.45, 2.75) is 24.4 Å². The highest BCUT2D eigenvalue weighted by Crippen LogP contribution is 2.24. The van der Waals surface area contributed by atoms with Gasteiger partial charge in [0.15, 0.2) is 5.82 Å². The van der Waals surface area contributed by atoms with E-state index in [9.17, 15) is 4.79 Å². The van der Waals surface area contributed by atoms with Crippen molar-refractivity contribution < 1.29 is 4.79 Å². The van der Waals surface area contributed by atoms with Crippen LogP contribution in [0.15, 0.2) is 46.9 Å². The fourth-order valence-electron chi connectivity index (χ4n) is 3.07. The summed E-state index contributed by atoms with van der Waals surface area (Å²) >= 11 is 2.92. The zero-order valence-electron chi connectivity index (χ0n) is 14.9. The Morgan fingerprint density at radius 2 is 2.00 bits per heavy atom. The molecule has 0 radical (unpaired) electrons. The van der Waals surface area contributed by atoms with Crippen molar-refractivity contribution in [1.29, 1.82) is 0 Å². The van der Waals surface area contributed by atoms with Gasteiger partial charge in [0.05, 0.1) is 10.6 Å². The van der Waals surface area contributed by atoms with Crippen LogP contribution in [0.1, 0.15) is 19.3 Å². The van der Waals surface area contributed by atoms with Gasteiger partial charge in [0.2, 0.25) is 11.1 Å². The Hall–Kier alpha value is -2.32. The predicted molar refractivity (Wildman–Crippen MR) is 112 cm³/mol. The van der Waals surface area contributed by atoms with E-state index in [-0.39, 0.29) is 11.7 Å². The number of nitrogens with one attached hydrogen (secondary N) is 2. The highest BCUT2D eigenvalue weighted by atomic mass is 32.2. The van der Waals surface area contributed by atoms with Crippen LogP contribution in [-0.2, 0) is 4.79 Å². The standard InChI is InChI=1S/C19H21N5OS2/c25-17(13-27-19-21-18(22-23-19)16-5-4-12-26-16)20-14-6-8-15(9-7-14)24-10-2-1-3-11-24/h4-9,12H,1-3,10-11,13H2,(H,20,25)(H,21,22,23). The number of aromatic nitrogens is 3. The lowest BCUT2D eigenvalue weighted by Crippen LogP contribution is -2.29.